The molecule has 0 aromatic carbocycles. The van der Waals surface area contributed by atoms with Crippen LogP contribution in [0.3, 0.4) is 0 Å². The number of carbonyl (C=O) groups is 4. The SMILES string of the molecule is CCNC(=O)[C@H](C)NC(=O)CCN1C(=O)[C@H]2CCCC[C@H]2C1=O. The number of rotatable bonds is 6. The summed E-state index contributed by atoms with van der Waals surface area (Å²) in [4.78, 5) is 49.3. The van der Waals surface area contributed by atoms with Gasteiger partial charge in [-0.2, -0.15) is 0 Å². The van der Waals surface area contributed by atoms with Crippen LogP contribution in [0.2, 0.25) is 0 Å². The predicted molar refractivity (Wildman–Crippen MR) is 83.1 cm³/mol. The second-order valence-electron chi connectivity index (χ2n) is 6.26. The maximum atomic E-state index is 12.3. The zero-order chi connectivity index (χ0) is 17.0. The van der Waals surface area contributed by atoms with Crippen LogP contribution < -0.4 is 10.6 Å². The number of amides is 4. The first-order valence-corrected chi connectivity index (χ1v) is 8.38. The fourth-order valence-corrected chi connectivity index (χ4v) is 3.37. The molecule has 2 N–H and O–H groups in total. The predicted octanol–water partition coefficient (Wildman–Crippen LogP) is 0.192. The Kier molecular flexibility index (Phi) is 5.74. The molecule has 7 nitrogen and oxygen atoms in total. The summed E-state index contributed by atoms with van der Waals surface area (Å²) < 4.78 is 0. The van der Waals surface area contributed by atoms with E-state index < -0.39 is 6.04 Å². The van der Waals surface area contributed by atoms with E-state index in [1.807, 2.05) is 0 Å². The van der Waals surface area contributed by atoms with Crippen LogP contribution in [0.1, 0.15) is 46.0 Å². The fourth-order valence-electron chi connectivity index (χ4n) is 3.37. The van der Waals surface area contributed by atoms with Crippen molar-refractivity contribution in [3.63, 3.8) is 0 Å². The Labute approximate surface area is 136 Å². The number of nitrogens with one attached hydrogen (secondary N) is 2. The minimum atomic E-state index is -0.630. The molecule has 1 aliphatic carbocycles. The van der Waals surface area contributed by atoms with Crippen LogP contribution in [0.15, 0.2) is 0 Å². The van der Waals surface area contributed by atoms with Gasteiger partial charge in [-0.25, -0.2) is 0 Å². The molecule has 1 saturated carbocycles. The first-order chi connectivity index (χ1) is 11.0. The highest BCUT2D eigenvalue weighted by Gasteiger charge is 2.47. The molecule has 0 aromatic heterocycles. The molecule has 0 radical (unpaired) electrons. The fraction of sp³-hybridized carbons (Fsp3) is 0.750. The summed E-state index contributed by atoms with van der Waals surface area (Å²) in [5.74, 6) is -1.23. The van der Waals surface area contributed by atoms with E-state index in [9.17, 15) is 19.2 Å². The Morgan fingerprint density at radius 2 is 1.74 bits per heavy atom. The Morgan fingerprint density at radius 1 is 1.17 bits per heavy atom. The third-order valence-electron chi connectivity index (χ3n) is 4.62. The molecule has 1 heterocycles. The monoisotopic (exact) mass is 323 g/mol. The minimum Gasteiger partial charge on any atom is -0.355 e. The Balaban J connectivity index is 1.83. The summed E-state index contributed by atoms with van der Waals surface area (Å²) in [6.07, 6.45) is 3.54. The number of likely N-dealkylation sites (tertiary alicyclic amines) is 1. The highest BCUT2D eigenvalue weighted by molar-refractivity contribution is 6.05. The number of imide groups is 1. The van der Waals surface area contributed by atoms with E-state index in [1.54, 1.807) is 13.8 Å². The lowest BCUT2D eigenvalue weighted by Crippen LogP contribution is -2.45. The lowest BCUT2D eigenvalue weighted by molar-refractivity contribution is -0.140. The van der Waals surface area contributed by atoms with Crippen LogP contribution in [-0.2, 0) is 19.2 Å². The molecular formula is C16H25N3O4. The Bertz CT molecular complexity index is 482. The third-order valence-corrected chi connectivity index (χ3v) is 4.62. The van der Waals surface area contributed by atoms with E-state index in [0.717, 1.165) is 25.7 Å². The number of hydrogen-bond donors (Lipinski definition) is 2. The Morgan fingerprint density at radius 3 is 2.26 bits per heavy atom. The van der Waals surface area contributed by atoms with Crippen LogP contribution in [-0.4, -0.2) is 47.7 Å². The van der Waals surface area contributed by atoms with Gasteiger partial charge in [-0.05, 0) is 26.7 Å². The molecule has 0 unspecified atom stereocenters. The van der Waals surface area contributed by atoms with Crippen molar-refractivity contribution < 1.29 is 19.2 Å². The average Bonchev–Trinajstić information content (AvgIpc) is 2.77. The standard InChI is InChI=1S/C16H25N3O4/c1-3-17-14(21)10(2)18-13(20)8-9-19-15(22)11-6-4-5-7-12(11)16(19)23/h10-12H,3-9H2,1-2H3,(H,17,21)(H,18,20)/t10-,11-,12+/m0/s1. The highest BCUT2D eigenvalue weighted by atomic mass is 16.2. The van der Waals surface area contributed by atoms with Gasteiger partial charge < -0.3 is 10.6 Å². The van der Waals surface area contributed by atoms with E-state index >= 15 is 0 Å². The van der Waals surface area contributed by atoms with E-state index in [-0.39, 0.29) is 48.4 Å². The highest BCUT2D eigenvalue weighted by Crippen LogP contribution is 2.37. The number of nitrogens with zero attached hydrogens (tertiary/aromatic N) is 1. The van der Waals surface area contributed by atoms with Gasteiger partial charge in [0.1, 0.15) is 6.04 Å². The first kappa shape index (κ1) is 17.4. The summed E-state index contributed by atoms with van der Waals surface area (Å²) >= 11 is 0. The molecule has 0 spiro atoms. The normalized spacial score (nSPS) is 25.0. The second-order valence-corrected chi connectivity index (χ2v) is 6.26. The van der Waals surface area contributed by atoms with Crippen molar-refractivity contribution in [2.24, 2.45) is 11.8 Å². The Hall–Kier alpha value is -1.92. The lowest BCUT2D eigenvalue weighted by Gasteiger charge is -2.19. The molecule has 2 fully saturated rings. The molecule has 2 aliphatic rings. The molecule has 4 amide bonds. The molecule has 0 bridgehead atoms. The minimum absolute atomic E-state index is 0.0284. The molecule has 2 rings (SSSR count). The summed E-state index contributed by atoms with van der Waals surface area (Å²) in [6, 6.07) is -0.630. The van der Waals surface area contributed by atoms with Crippen molar-refractivity contribution >= 4 is 23.6 Å². The van der Waals surface area contributed by atoms with Crippen molar-refractivity contribution in [1.29, 1.82) is 0 Å². The zero-order valence-electron chi connectivity index (χ0n) is 13.8. The van der Waals surface area contributed by atoms with Gasteiger partial charge in [0.2, 0.25) is 23.6 Å². The molecule has 1 aliphatic heterocycles. The summed E-state index contributed by atoms with van der Waals surface area (Å²) in [7, 11) is 0. The van der Waals surface area contributed by atoms with Crippen LogP contribution in [0.5, 0.6) is 0 Å². The number of hydrogen-bond acceptors (Lipinski definition) is 4. The number of fused-ring (bicyclic) bond motifs is 1. The smallest absolute Gasteiger partial charge is 0.242 e. The average molecular weight is 323 g/mol. The summed E-state index contributed by atoms with van der Waals surface area (Å²) in [6.45, 7) is 4.00. The molecule has 3 atom stereocenters. The van der Waals surface area contributed by atoms with Crippen molar-refractivity contribution in [3.8, 4) is 0 Å². The quantitative estimate of drug-likeness (QED) is 0.682. The molecular weight excluding hydrogens is 298 g/mol. The summed E-state index contributed by atoms with van der Waals surface area (Å²) in [5, 5.41) is 5.20. The topological polar surface area (TPSA) is 95.6 Å². The second kappa shape index (κ2) is 7.57. The molecule has 128 valence electrons. The third kappa shape index (κ3) is 3.89. The lowest BCUT2D eigenvalue weighted by atomic mass is 9.81. The van der Waals surface area contributed by atoms with E-state index in [0.29, 0.717) is 6.54 Å². The van der Waals surface area contributed by atoms with Crippen molar-refractivity contribution in [3.05, 3.63) is 0 Å². The van der Waals surface area contributed by atoms with Crippen LogP contribution in [0.4, 0.5) is 0 Å². The van der Waals surface area contributed by atoms with Gasteiger partial charge in [0.05, 0.1) is 11.8 Å². The number of likely N-dealkylation sites (N-methyl/N-ethyl adjacent to an activating group) is 1. The van der Waals surface area contributed by atoms with Gasteiger partial charge in [-0.1, -0.05) is 12.8 Å². The maximum Gasteiger partial charge on any atom is 0.242 e. The van der Waals surface area contributed by atoms with Crippen molar-refractivity contribution in [1.82, 2.24) is 15.5 Å². The van der Waals surface area contributed by atoms with Crippen LogP contribution >= 0.6 is 0 Å². The van der Waals surface area contributed by atoms with Crippen LogP contribution in [0.25, 0.3) is 0 Å². The van der Waals surface area contributed by atoms with Gasteiger partial charge in [-0.3, -0.25) is 24.1 Å². The van der Waals surface area contributed by atoms with E-state index in [1.165, 1.54) is 4.90 Å². The first-order valence-electron chi connectivity index (χ1n) is 8.38. The van der Waals surface area contributed by atoms with Crippen LogP contribution in [0, 0.1) is 11.8 Å². The molecule has 0 aromatic rings. The molecule has 23 heavy (non-hydrogen) atoms. The maximum absolute atomic E-state index is 12.3. The zero-order valence-corrected chi connectivity index (χ0v) is 13.8. The van der Waals surface area contributed by atoms with Gasteiger partial charge in [0.15, 0.2) is 0 Å². The van der Waals surface area contributed by atoms with E-state index in [4.69, 9.17) is 0 Å². The van der Waals surface area contributed by atoms with Gasteiger partial charge >= 0.3 is 0 Å². The van der Waals surface area contributed by atoms with Gasteiger partial charge in [0.25, 0.3) is 0 Å². The largest absolute Gasteiger partial charge is 0.355 e. The molecule has 7 heteroatoms. The van der Waals surface area contributed by atoms with Crippen molar-refractivity contribution in [2.75, 3.05) is 13.1 Å². The van der Waals surface area contributed by atoms with Gasteiger partial charge in [-0.15, -0.1) is 0 Å². The van der Waals surface area contributed by atoms with Crippen molar-refractivity contribution in [2.45, 2.75) is 52.0 Å². The molecule has 1 saturated heterocycles. The summed E-state index contributed by atoms with van der Waals surface area (Å²) in [5.41, 5.74) is 0. The van der Waals surface area contributed by atoms with Gasteiger partial charge in [0, 0.05) is 19.5 Å². The number of carbonyl (C=O) groups excluding carboxylic acids is 4. The van der Waals surface area contributed by atoms with E-state index in [2.05, 4.69) is 10.6 Å².